The molecule has 0 aliphatic heterocycles. The summed E-state index contributed by atoms with van der Waals surface area (Å²) in [5.41, 5.74) is -1.37. The average molecular weight is 250 g/mol. The van der Waals surface area contributed by atoms with Crippen LogP contribution in [0.5, 0.6) is 0 Å². The van der Waals surface area contributed by atoms with Crippen molar-refractivity contribution in [3.63, 3.8) is 0 Å². The Balaban J connectivity index is 1.97. The minimum atomic E-state index is -1.04. The largest absolute Gasteiger partial charge is 0.444 e. The van der Waals surface area contributed by atoms with Crippen LogP contribution in [0.15, 0.2) is 33.9 Å². The van der Waals surface area contributed by atoms with Gasteiger partial charge in [-0.3, -0.25) is 19.7 Å². The molecule has 0 N–H and O–H groups in total. The van der Waals surface area contributed by atoms with Gasteiger partial charge in [0.15, 0.2) is 0 Å². The van der Waals surface area contributed by atoms with Gasteiger partial charge >= 0.3 is 17.2 Å². The number of benzene rings is 1. The summed E-state index contributed by atoms with van der Waals surface area (Å²) >= 11 is 0. The Labute approximate surface area is 98.9 Å². The molecule has 0 amide bonds. The van der Waals surface area contributed by atoms with E-state index in [1.54, 1.807) is 0 Å². The van der Waals surface area contributed by atoms with E-state index >= 15 is 0 Å². The molecule has 0 spiro atoms. The van der Waals surface area contributed by atoms with Gasteiger partial charge in [0.25, 0.3) is 5.69 Å². The van der Waals surface area contributed by atoms with Gasteiger partial charge in [-0.2, -0.15) is 4.57 Å². The molecule has 1 aromatic heterocycles. The van der Waals surface area contributed by atoms with Crippen LogP contribution in [0.3, 0.4) is 0 Å². The van der Waals surface area contributed by atoms with Crippen LogP contribution < -0.4 is 11.1 Å². The lowest BCUT2D eigenvalue weighted by molar-refractivity contribution is -0.384. The second-order valence-corrected chi connectivity index (χ2v) is 3.42. The molecule has 1 aromatic carbocycles. The summed E-state index contributed by atoms with van der Waals surface area (Å²) in [6, 6.07) is 5.35. The lowest BCUT2D eigenvalue weighted by atomic mass is 10.2. The Hall–Kier alpha value is -2.77. The standard InChI is InChI=1S/C10H6N2O6/c13-8-9(14)11(8)10(15)18-5-6-1-3-7(4-2-6)12(16)17/h1-4H,5H2. The van der Waals surface area contributed by atoms with Crippen molar-refractivity contribution in [3.05, 3.63) is 60.7 Å². The molecule has 2 aromatic rings. The third-order valence-corrected chi connectivity index (χ3v) is 2.23. The van der Waals surface area contributed by atoms with Crippen LogP contribution in [0.4, 0.5) is 10.5 Å². The third-order valence-electron chi connectivity index (χ3n) is 2.23. The first-order chi connectivity index (χ1) is 8.50. The van der Waals surface area contributed by atoms with E-state index in [0.717, 1.165) is 0 Å². The zero-order valence-electron chi connectivity index (χ0n) is 8.86. The first-order valence-electron chi connectivity index (χ1n) is 4.79. The van der Waals surface area contributed by atoms with Crippen molar-refractivity contribution in [2.75, 3.05) is 0 Å². The number of ether oxygens (including phenoxy) is 1. The van der Waals surface area contributed by atoms with Gasteiger partial charge in [0, 0.05) is 12.1 Å². The Morgan fingerprint density at radius 2 is 1.78 bits per heavy atom. The van der Waals surface area contributed by atoms with E-state index < -0.39 is 22.1 Å². The number of hydrogen-bond acceptors (Lipinski definition) is 6. The molecule has 8 heteroatoms. The van der Waals surface area contributed by atoms with E-state index in [1.165, 1.54) is 24.3 Å². The normalized spacial score (nSPS) is 10.4. The second kappa shape index (κ2) is 4.24. The fraction of sp³-hybridized carbons (Fsp3) is 0.100. The van der Waals surface area contributed by atoms with Crippen LogP contribution in [0, 0.1) is 10.1 Å². The minimum absolute atomic E-state index is 0.0821. The molecule has 0 fully saturated rings. The number of nitro benzene ring substituents is 1. The van der Waals surface area contributed by atoms with Crippen LogP contribution in [0.2, 0.25) is 0 Å². The first kappa shape index (κ1) is 11.7. The topological polar surface area (TPSA) is 109 Å². The maximum absolute atomic E-state index is 11.1. The van der Waals surface area contributed by atoms with E-state index in [4.69, 9.17) is 0 Å². The van der Waals surface area contributed by atoms with Gasteiger partial charge in [0.2, 0.25) is 0 Å². The minimum Gasteiger partial charge on any atom is -0.444 e. The van der Waals surface area contributed by atoms with Gasteiger partial charge in [0.05, 0.1) is 4.92 Å². The summed E-state index contributed by atoms with van der Waals surface area (Å²) < 4.78 is 5.04. The molecule has 1 heterocycles. The average Bonchev–Trinajstić information content (AvgIpc) is 2.95. The summed E-state index contributed by atoms with van der Waals surface area (Å²) in [6.45, 7) is -0.173. The summed E-state index contributed by atoms with van der Waals surface area (Å²) in [5, 5.41) is 10.4. The quantitative estimate of drug-likeness (QED) is 0.436. The van der Waals surface area contributed by atoms with Gasteiger partial charge in [-0.25, -0.2) is 4.79 Å². The lowest BCUT2D eigenvalue weighted by Crippen LogP contribution is -2.12. The Kier molecular flexibility index (Phi) is 2.76. The number of non-ortho nitro benzene ring substituents is 1. The highest BCUT2D eigenvalue weighted by Gasteiger charge is 2.24. The smallest absolute Gasteiger partial charge is 0.424 e. The van der Waals surface area contributed by atoms with Gasteiger partial charge in [-0.15, -0.1) is 0 Å². The zero-order chi connectivity index (χ0) is 13.3. The molecule has 0 aliphatic carbocycles. The molecule has 92 valence electrons. The van der Waals surface area contributed by atoms with Crippen molar-refractivity contribution in [1.29, 1.82) is 0 Å². The molecule has 0 unspecified atom stereocenters. The van der Waals surface area contributed by atoms with E-state index in [-0.39, 0.29) is 12.3 Å². The van der Waals surface area contributed by atoms with Crippen molar-refractivity contribution in [3.8, 4) is 0 Å². The molecule has 18 heavy (non-hydrogen) atoms. The Morgan fingerprint density at radius 1 is 1.22 bits per heavy atom. The van der Waals surface area contributed by atoms with E-state index in [9.17, 15) is 24.5 Å². The van der Waals surface area contributed by atoms with Gasteiger partial charge < -0.3 is 4.74 Å². The molecular weight excluding hydrogens is 244 g/mol. The van der Waals surface area contributed by atoms with Crippen molar-refractivity contribution in [1.82, 2.24) is 4.57 Å². The highest BCUT2D eigenvalue weighted by atomic mass is 16.6. The number of carbonyl (C=O) groups excluding carboxylic acids is 1. The van der Waals surface area contributed by atoms with Crippen LogP contribution in [-0.2, 0) is 11.3 Å². The molecule has 0 atom stereocenters. The lowest BCUT2D eigenvalue weighted by Gasteiger charge is -2.01. The van der Waals surface area contributed by atoms with E-state index in [0.29, 0.717) is 10.1 Å². The number of nitrogens with zero attached hydrogens (tertiary/aromatic N) is 2. The van der Waals surface area contributed by atoms with Crippen molar-refractivity contribution in [2.45, 2.75) is 6.61 Å². The van der Waals surface area contributed by atoms with Crippen LogP contribution in [0.1, 0.15) is 5.56 Å². The van der Waals surface area contributed by atoms with Crippen LogP contribution in [0.25, 0.3) is 0 Å². The summed E-state index contributed by atoms with van der Waals surface area (Å²) in [7, 11) is 0. The molecule has 8 nitrogen and oxygen atoms in total. The monoisotopic (exact) mass is 250 g/mol. The maximum atomic E-state index is 11.1. The van der Waals surface area contributed by atoms with Crippen molar-refractivity contribution < 1.29 is 14.5 Å². The SMILES string of the molecule is O=C(OCc1ccc([N+](=O)[O-])cc1)n1c(=O)c1=O. The Bertz CT molecular complexity index is 652. The van der Waals surface area contributed by atoms with Gasteiger partial charge in [0.1, 0.15) is 6.61 Å². The molecular formula is C10H6N2O6. The highest BCUT2D eigenvalue weighted by Crippen LogP contribution is 2.12. The predicted molar refractivity (Wildman–Crippen MR) is 58.0 cm³/mol. The summed E-state index contributed by atoms with van der Waals surface area (Å²) in [4.78, 5) is 42.1. The second-order valence-electron chi connectivity index (χ2n) is 3.42. The first-order valence-corrected chi connectivity index (χ1v) is 4.79. The molecule has 2 rings (SSSR count). The van der Waals surface area contributed by atoms with E-state index in [1.807, 2.05) is 0 Å². The van der Waals surface area contributed by atoms with Gasteiger partial charge in [-0.1, -0.05) is 0 Å². The van der Waals surface area contributed by atoms with Crippen LogP contribution in [-0.4, -0.2) is 15.6 Å². The number of carbonyl (C=O) groups is 1. The van der Waals surface area contributed by atoms with E-state index in [2.05, 4.69) is 4.74 Å². The summed E-state index contributed by atoms with van der Waals surface area (Å²) in [6.07, 6.45) is -1.04. The number of nitro groups is 1. The zero-order valence-corrected chi connectivity index (χ0v) is 8.86. The molecule has 0 aliphatic rings. The maximum Gasteiger partial charge on any atom is 0.424 e. The molecule has 0 radical (unpaired) electrons. The number of rotatable bonds is 3. The molecule has 0 saturated carbocycles. The predicted octanol–water partition coefficient (Wildman–Crippen LogP) is 0.177. The van der Waals surface area contributed by atoms with Crippen molar-refractivity contribution >= 4 is 11.8 Å². The number of aromatic nitrogens is 1. The van der Waals surface area contributed by atoms with Crippen molar-refractivity contribution in [2.24, 2.45) is 0 Å². The molecule has 0 bridgehead atoms. The fourth-order valence-electron chi connectivity index (χ4n) is 1.22. The summed E-state index contributed by atoms with van der Waals surface area (Å²) in [5.74, 6) is 0. The van der Waals surface area contributed by atoms with Crippen LogP contribution >= 0.6 is 0 Å². The Morgan fingerprint density at radius 3 is 2.22 bits per heavy atom. The molecule has 0 saturated heterocycles. The fourth-order valence-corrected chi connectivity index (χ4v) is 1.22. The van der Waals surface area contributed by atoms with Gasteiger partial charge in [-0.05, 0) is 17.7 Å². The number of hydrogen-bond donors (Lipinski definition) is 0. The highest BCUT2D eigenvalue weighted by molar-refractivity contribution is 5.72. The third kappa shape index (κ3) is 2.17.